The van der Waals surface area contributed by atoms with Gasteiger partial charge in [0, 0.05) is 25.7 Å². The van der Waals surface area contributed by atoms with Gasteiger partial charge in [0.1, 0.15) is 0 Å². The zero-order chi connectivity index (χ0) is 13.4. The molecule has 2 N–H and O–H groups in total. The molecule has 1 saturated carbocycles. The number of benzene rings is 1. The smallest absolute Gasteiger partial charge is 0.165 e. The number of ether oxygens (including phenoxy) is 1. The molecule has 2 aliphatic rings. The molecule has 0 bridgehead atoms. The van der Waals surface area contributed by atoms with Crippen LogP contribution in [0.3, 0.4) is 0 Å². The van der Waals surface area contributed by atoms with Crippen molar-refractivity contribution < 1.29 is 9.13 Å². The number of hydrogen-bond acceptors (Lipinski definition) is 3. The first-order chi connectivity index (χ1) is 9.17. The summed E-state index contributed by atoms with van der Waals surface area (Å²) in [5, 5.41) is 0. The third-order valence-electron chi connectivity index (χ3n) is 4.34. The number of likely N-dealkylation sites (tertiary alicyclic amines) is 1. The molecule has 0 spiro atoms. The van der Waals surface area contributed by atoms with E-state index in [1.807, 2.05) is 6.07 Å². The SMILES string of the molecule is COc1cc(CN2C[C@@H](N)[C@H](C3CC3)C2)ccc1F. The summed E-state index contributed by atoms with van der Waals surface area (Å²) in [7, 11) is 1.50. The van der Waals surface area contributed by atoms with Crippen LogP contribution in [-0.2, 0) is 6.54 Å². The largest absolute Gasteiger partial charge is 0.494 e. The molecule has 1 saturated heterocycles. The van der Waals surface area contributed by atoms with Gasteiger partial charge in [0.2, 0.25) is 0 Å². The summed E-state index contributed by atoms with van der Waals surface area (Å²) >= 11 is 0. The van der Waals surface area contributed by atoms with Gasteiger partial charge in [0.25, 0.3) is 0 Å². The monoisotopic (exact) mass is 264 g/mol. The summed E-state index contributed by atoms with van der Waals surface area (Å²) in [6, 6.07) is 5.39. The highest BCUT2D eigenvalue weighted by Gasteiger charge is 2.40. The fraction of sp³-hybridized carbons (Fsp3) is 0.600. The molecule has 104 valence electrons. The molecule has 2 fully saturated rings. The van der Waals surface area contributed by atoms with E-state index in [0.29, 0.717) is 17.7 Å². The number of nitrogens with zero attached hydrogens (tertiary/aromatic N) is 1. The summed E-state index contributed by atoms with van der Waals surface area (Å²) in [5.74, 6) is 1.52. The predicted molar refractivity (Wildman–Crippen MR) is 72.4 cm³/mol. The minimum atomic E-state index is -0.305. The van der Waals surface area contributed by atoms with Gasteiger partial charge in [-0.2, -0.15) is 0 Å². The first-order valence-electron chi connectivity index (χ1n) is 6.97. The Hall–Kier alpha value is -1.13. The quantitative estimate of drug-likeness (QED) is 0.904. The molecule has 1 aliphatic heterocycles. The molecule has 19 heavy (non-hydrogen) atoms. The highest BCUT2D eigenvalue weighted by molar-refractivity contribution is 5.30. The highest BCUT2D eigenvalue weighted by Crippen LogP contribution is 2.41. The Labute approximate surface area is 113 Å². The first kappa shape index (κ1) is 12.9. The molecule has 4 heteroatoms. The molecule has 2 atom stereocenters. The molecule has 0 unspecified atom stereocenters. The van der Waals surface area contributed by atoms with Crippen molar-refractivity contribution in [2.24, 2.45) is 17.6 Å². The van der Waals surface area contributed by atoms with Crippen molar-refractivity contribution in [1.82, 2.24) is 4.90 Å². The molecule has 0 radical (unpaired) electrons. The van der Waals surface area contributed by atoms with Crippen molar-refractivity contribution in [3.8, 4) is 5.75 Å². The number of methoxy groups -OCH3 is 1. The van der Waals surface area contributed by atoms with Crippen molar-refractivity contribution in [2.45, 2.75) is 25.4 Å². The Morgan fingerprint density at radius 2 is 2.16 bits per heavy atom. The average Bonchev–Trinajstić information content (AvgIpc) is 3.17. The topological polar surface area (TPSA) is 38.5 Å². The van der Waals surface area contributed by atoms with Gasteiger partial charge < -0.3 is 10.5 Å². The molecule has 0 amide bonds. The van der Waals surface area contributed by atoms with Gasteiger partial charge in [-0.1, -0.05) is 6.07 Å². The Morgan fingerprint density at radius 3 is 2.84 bits per heavy atom. The zero-order valence-electron chi connectivity index (χ0n) is 11.3. The minimum absolute atomic E-state index is 0.301. The first-order valence-corrected chi connectivity index (χ1v) is 6.97. The molecular weight excluding hydrogens is 243 g/mol. The van der Waals surface area contributed by atoms with Crippen LogP contribution in [-0.4, -0.2) is 31.1 Å². The minimum Gasteiger partial charge on any atom is -0.494 e. The van der Waals surface area contributed by atoms with Crippen LogP contribution in [0.25, 0.3) is 0 Å². The Morgan fingerprint density at radius 1 is 1.37 bits per heavy atom. The second-order valence-electron chi connectivity index (χ2n) is 5.83. The third-order valence-corrected chi connectivity index (χ3v) is 4.34. The predicted octanol–water partition coefficient (Wildman–Crippen LogP) is 2.00. The van der Waals surface area contributed by atoms with Crippen molar-refractivity contribution in [1.29, 1.82) is 0 Å². The summed E-state index contributed by atoms with van der Waals surface area (Å²) in [6.45, 7) is 2.85. The van der Waals surface area contributed by atoms with Crippen LogP contribution in [0.15, 0.2) is 18.2 Å². The van der Waals surface area contributed by atoms with Gasteiger partial charge in [0.15, 0.2) is 11.6 Å². The van der Waals surface area contributed by atoms with Crippen molar-refractivity contribution >= 4 is 0 Å². The van der Waals surface area contributed by atoms with E-state index in [-0.39, 0.29) is 5.82 Å². The normalized spacial score (nSPS) is 27.7. The Kier molecular flexibility index (Phi) is 3.46. The lowest BCUT2D eigenvalue weighted by molar-refractivity contribution is 0.308. The van der Waals surface area contributed by atoms with Crippen molar-refractivity contribution in [2.75, 3.05) is 20.2 Å². The van der Waals surface area contributed by atoms with Gasteiger partial charge >= 0.3 is 0 Å². The summed E-state index contributed by atoms with van der Waals surface area (Å²) in [4.78, 5) is 2.38. The number of rotatable bonds is 4. The second kappa shape index (κ2) is 5.10. The number of hydrogen-bond donors (Lipinski definition) is 1. The lowest BCUT2D eigenvalue weighted by Crippen LogP contribution is -2.30. The van der Waals surface area contributed by atoms with E-state index < -0.39 is 0 Å². The number of halogens is 1. The van der Waals surface area contributed by atoms with Gasteiger partial charge in [-0.3, -0.25) is 4.90 Å². The maximum atomic E-state index is 13.4. The summed E-state index contributed by atoms with van der Waals surface area (Å²) in [6.07, 6.45) is 2.69. The van der Waals surface area contributed by atoms with E-state index in [9.17, 15) is 4.39 Å². The van der Waals surface area contributed by atoms with Crippen molar-refractivity contribution in [3.63, 3.8) is 0 Å². The van der Waals surface area contributed by atoms with Crippen LogP contribution in [0.1, 0.15) is 18.4 Å². The van der Waals surface area contributed by atoms with Crippen LogP contribution < -0.4 is 10.5 Å². The Bertz CT molecular complexity index is 461. The molecule has 3 rings (SSSR count). The van der Waals surface area contributed by atoms with E-state index in [0.717, 1.165) is 31.1 Å². The van der Waals surface area contributed by atoms with Gasteiger partial charge in [-0.25, -0.2) is 4.39 Å². The molecule has 0 aromatic heterocycles. The molecule has 1 aromatic carbocycles. The van der Waals surface area contributed by atoms with E-state index in [1.54, 1.807) is 6.07 Å². The zero-order valence-corrected chi connectivity index (χ0v) is 11.3. The summed E-state index contributed by atoms with van der Waals surface area (Å²) < 4.78 is 18.4. The molecule has 3 nitrogen and oxygen atoms in total. The van der Waals surface area contributed by atoms with E-state index in [2.05, 4.69) is 4.90 Å². The van der Waals surface area contributed by atoms with Gasteiger partial charge in [0.05, 0.1) is 7.11 Å². The number of nitrogens with two attached hydrogens (primary N) is 1. The fourth-order valence-corrected chi connectivity index (χ4v) is 3.15. The van der Waals surface area contributed by atoms with Crippen molar-refractivity contribution in [3.05, 3.63) is 29.6 Å². The third kappa shape index (κ3) is 2.74. The van der Waals surface area contributed by atoms with Gasteiger partial charge in [-0.15, -0.1) is 0 Å². The van der Waals surface area contributed by atoms with E-state index in [1.165, 1.54) is 26.0 Å². The van der Waals surface area contributed by atoms with E-state index >= 15 is 0 Å². The average molecular weight is 264 g/mol. The van der Waals surface area contributed by atoms with Crippen LogP contribution >= 0.6 is 0 Å². The lowest BCUT2D eigenvalue weighted by atomic mass is 9.99. The van der Waals surface area contributed by atoms with Crippen LogP contribution in [0.5, 0.6) is 5.75 Å². The maximum Gasteiger partial charge on any atom is 0.165 e. The summed E-state index contributed by atoms with van der Waals surface area (Å²) in [5.41, 5.74) is 7.30. The van der Waals surface area contributed by atoms with Gasteiger partial charge in [-0.05, 0) is 42.4 Å². The van der Waals surface area contributed by atoms with Crippen LogP contribution in [0, 0.1) is 17.7 Å². The Balaban J connectivity index is 1.65. The maximum absolute atomic E-state index is 13.4. The van der Waals surface area contributed by atoms with Crippen LogP contribution in [0.4, 0.5) is 4.39 Å². The molecule has 1 heterocycles. The van der Waals surface area contributed by atoms with E-state index in [4.69, 9.17) is 10.5 Å². The highest BCUT2D eigenvalue weighted by atomic mass is 19.1. The molecule has 1 aromatic rings. The molecular formula is C15H21FN2O. The fourth-order valence-electron chi connectivity index (χ4n) is 3.15. The standard InChI is InChI=1S/C15H21FN2O/c1-19-15-6-10(2-5-13(15)16)7-18-8-12(11-3-4-11)14(17)9-18/h2,5-6,11-12,14H,3-4,7-9,17H2,1H3/t12-,14+/m0/s1. The molecule has 1 aliphatic carbocycles. The lowest BCUT2D eigenvalue weighted by Gasteiger charge is -2.16. The second-order valence-corrected chi connectivity index (χ2v) is 5.83. The van der Waals surface area contributed by atoms with Crippen LogP contribution in [0.2, 0.25) is 0 Å².